The number of allylic oxidation sites excluding steroid dienone is 2. The van der Waals surface area contributed by atoms with E-state index >= 15 is 0 Å². The van der Waals surface area contributed by atoms with E-state index in [9.17, 15) is 4.79 Å². The van der Waals surface area contributed by atoms with Gasteiger partial charge in [-0.2, -0.15) is 5.26 Å². The molecule has 18 heavy (non-hydrogen) atoms. The van der Waals surface area contributed by atoms with Crippen molar-refractivity contribution < 1.29 is 9.53 Å². The fourth-order valence-electron chi connectivity index (χ4n) is 1.95. The summed E-state index contributed by atoms with van der Waals surface area (Å²) >= 11 is 0. The molecule has 2 rings (SSSR count). The second-order valence-electron chi connectivity index (χ2n) is 4.05. The number of rotatable bonds is 3. The topological polar surface area (TPSA) is 62.1 Å². The van der Waals surface area contributed by atoms with Crippen LogP contribution in [0.2, 0.25) is 0 Å². The van der Waals surface area contributed by atoms with Gasteiger partial charge in [0.15, 0.2) is 0 Å². The van der Waals surface area contributed by atoms with Crippen LogP contribution >= 0.6 is 0 Å². The first kappa shape index (κ1) is 12.2. The van der Waals surface area contributed by atoms with Gasteiger partial charge in [-0.3, -0.25) is 4.79 Å². The molecule has 0 radical (unpaired) electrons. The zero-order valence-electron chi connectivity index (χ0n) is 10.2. The molecule has 0 unspecified atom stereocenters. The van der Waals surface area contributed by atoms with Gasteiger partial charge in [0.25, 0.3) is 0 Å². The monoisotopic (exact) mass is 242 g/mol. The lowest BCUT2D eigenvalue weighted by Gasteiger charge is -2.05. The molecule has 0 spiro atoms. The van der Waals surface area contributed by atoms with Crippen LogP contribution in [0.15, 0.2) is 35.5 Å². The molecular formula is C14H14N2O2. The third-order valence-corrected chi connectivity index (χ3v) is 2.93. The van der Waals surface area contributed by atoms with Gasteiger partial charge in [0.1, 0.15) is 17.4 Å². The summed E-state index contributed by atoms with van der Waals surface area (Å²) in [7, 11) is 1.57. The minimum Gasteiger partial charge on any atom is -0.497 e. The summed E-state index contributed by atoms with van der Waals surface area (Å²) in [4.78, 5) is 12.2. The predicted molar refractivity (Wildman–Crippen MR) is 67.2 cm³/mol. The standard InChI is InChI=1S/C14H14N2O2/c1-18-11-6-4-10(5-7-11)14(17)12(9-15)13-3-2-8-16-13/h4-7,16H,2-3,8H2,1H3/b13-12+. The van der Waals surface area contributed by atoms with Crippen molar-refractivity contribution in [2.45, 2.75) is 12.8 Å². The van der Waals surface area contributed by atoms with E-state index in [4.69, 9.17) is 10.00 Å². The Bertz CT molecular complexity index is 516. The van der Waals surface area contributed by atoms with Crippen LogP contribution in [0.5, 0.6) is 5.75 Å². The first-order chi connectivity index (χ1) is 8.76. The van der Waals surface area contributed by atoms with Crippen molar-refractivity contribution in [3.05, 3.63) is 41.1 Å². The summed E-state index contributed by atoms with van der Waals surface area (Å²) in [6, 6.07) is 8.79. The molecule has 1 saturated heterocycles. The van der Waals surface area contributed by atoms with Gasteiger partial charge in [0.2, 0.25) is 5.78 Å². The number of nitriles is 1. The highest BCUT2D eigenvalue weighted by Crippen LogP contribution is 2.19. The Hall–Kier alpha value is -2.28. The summed E-state index contributed by atoms with van der Waals surface area (Å²) in [6.07, 6.45) is 1.74. The molecule has 0 aromatic heterocycles. The van der Waals surface area contributed by atoms with Crippen LogP contribution in [0.25, 0.3) is 0 Å². The molecule has 1 aliphatic heterocycles. The largest absolute Gasteiger partial charge is 0.497 e. The minimum atomic E-state index is -0.232. The summed E-state index contributed by atoms with van der Waals surface area (Å²) < 4.78 is 5.03. The van der Waals surface area contributed by atoms with Gasteiger partial charge < -0.3 is 10.1 Å². The van der Waals surface area contributed by atoms with E-state index in [1.165, 1.54) is 0 Å². The van der Waals surface area contributed by atoms with E-state index in [0.717, 1.165) is 25.1 Å². The van der Waals surface area contributed by atoms with Gasteiger partial charge >= 0.3 is 0 Å². The second kappa shape index (κ2) is 5.37. The Labute approximate surface area is 106 Å². The van der Waals surface area contributed by atoms with Crippen molar-refractivity contribution in [1.82, 2.24) is 5.32 Å². The van der Waals surface area contributed by atoms with Gasteiger partial charge in [0.05, 0.1) is 7.11 Å². The van der Waals surface area contributed by atoms with E-state index < -0.39 is 0 Å². The fourth-order valence-corrected chi connectivity index (χ4v) is 1.95. The summed E-state index contributed by atoms with van der Waals surface area (Å²) in [5.74, 6) is 0.459. The Morgan fingerprint density at radius 3 is 2.61 bits per heavy atom. The first-order valence-corrected chi connectivity index (χ1v) is 5.82. The van der Waals surface area contributed by atoms with Crippen molar-refractivity contribution in [1.29, 1.82) is 5.26 Å². The molecule has 1 aromatic carbocycles. The van der Waals surface area contributed by atoms with Crippen LogP contribution in [-0.4, -0.2) is 19.4 Å². The van der Waals surface area contributed by atoms with Crippen LogP contribution in [0.1, 0.15) is 23.2 Å². The van der Waals surface area contributed by atoms with Crippen LogP contribution in [0.4, 0.5) is 0 Å². The number of carbonyl (C=O) groups excluding carboxylic acids is 1. The lowest BCUT2D eigenvalue weighted by molar-refractivity contribution is 0.103. The van der Waals surface area contributed by atoms with Crippen molar-refractivity contribution in [2.75, 3.05) is 13.7 Å². The van der Waals surface area contributed by atoms with Crippen LogP contribution in [0, 0.1) is 11.3 Å². The highest BCUT2D eigenvalue weighted by molar-refractivity contribution is 6.11. The molecule has 1 heterocycles. The molecule has 1 aliphatic rings. The third-order valence-electron chi connectivity index (χ3n) is 2.93. The molecular weight excluding hydrogens is 228 g/mol. The maximum atomic E-state index is 12.2. The number of ether oxygens (including phenoxy) is 1. The fraction of sp³-hybridized carbons (Fsp3) is 0.286. The Kier molecular flexibility index (Phi) is 3.63. The Morgan fingerprint density at radius 1 is 1.39 bits per heavy atom. The third kappa shape index (κ3) is 2.35. The van der Waals surface area contributed by atoms with E-state index in [1.807, 2.05) is 6.07 Å². The Balaban J connectivity index is 2.29. The van der Waals surface area contributed by atoms with Crippen molar-refractivity contribution in [3.63, 3.8) is 0 Å². The maximum Gasteiger partial charge on any atom is 0.205 e. The van der Waals surface area contributed by atoms with Gasteiger partial charge in [-0.05, 0) is 37.1 Å². The van der Waals surface area contributed by atoms with Crippen molar-refractivity contribution in [2.24, 2.45) is 0 Å². The number of Topliss-reactive ketones (excluding diaryl/α,β-unsaturated/α-hetero) is 1. The van der Waals surface area contributed by atoms with E-state index in [1.54, 1.807) is 31.4 Å². The molecule has 1 N–H and O–H groups in total. The van der Waals surface area contributed by atoms with Crippen LogP contribution in [0.3, 0.4) is 0 Å². The molecule has 4 heteroatoms. The lowest BCUT2D eigenvalue weighted by Crippen LogP contribution is -2.12. The minimum absolute atomic E-state index is 0.220. The average molecular weight is 242 g/mol. The highest BCUT2D eigenvalue weighted by atomic mass is 16.5. The molecule has 0 atom stereocenters. The zero-order chi connectivity index (χ0) is 13.0. The normalized spacial score (nSPS) is 16.7. The molecule has 92 valence electrons. The number of ketones is 1. The van der Waals surface area contributed by atoms with Crippen molar-refractivity contribution >= 4 is 5.78 Å². The summed E-state index contributed by atoms with van der Waals surface area (Å²) in [5, 5.41) is 12.2. The second-order valence-corrected chi connectivity index (χ2v) is 4.05. The maximum absolute atomic E-state index is 12.2. The van der Waals surface area contributed by atoms with E-state index in [-0.39, 0.29) is 11.4 Å². The van der Waals surface area contributed by atoms with Gasteiger partial charge in [0, 0.05) is 17.8 Å². The molecule has 4 nitrogen and oxygen atoms in total. The zero-order valence-corrected chi connectivity index (χ0v) is 10.2. The molecule has 0 saturated carbocycles. The van der Waals surface area contributed by atoms with Crippen LogP contribution < -0.4 is 10.1 Å². The van der Waals surface area contributed by atoms with E-state index in [0.29, 0.717) is 11.3 Å². The van der Waals surface area contributed by atoms with Crippen molar-refractivity contribution in [3.8, 4) is 11.8 Å². The van der Waals surface area contributed by atoms with Gasteiger partial charge in [-0.25, -0.2) is 0 Å². The van der Waals surface area contributed by atoms with Gasteiger partial charge in [-0.1, -0.05) is 0 Å². The molecule has 0 amide bonds. The number of nitrogens with one attached hydrogen (secondary N) is 1. The lowest BCUT2D eigenvalue weighted by atomic mass is 10.0. The molecule has 0 aliphatic carbocycles. The average Bonchev–Trinajstić information content (AvgIpc) is 2.93. The smallest absolute Gasteiger partial charge is 0.205 e. The number of nitrogens with zero attached hydrogens (tertiary/aromatic N) is 1. The number of hydrogen-bond acceptors (Lipinski definition) is 4. The molecule has 1 aromatic rings. The number of methoxy groups -OCH3 is 1. The van der Waals surface area contributed by atoms with E-state index in [2.05, 4.69) is 5.32 Å². The SMILES string of the molecule is COc1ccc(C(=O)/C(C#N)=C2\CCCN2)cc1. The number of carbonyl (C=O) groups is 1. The highest BCUT2D eigenvalue weighted by Gasteiger charge is 2.19. The summed E-state index contributed by atoms with van der Waals surface area (Å²) in [6.45, 7) is 0.830. The first-order valence-electron chi connectivity index (χ1n) is 5.82. The number of hydrogen-bond donors (Lipinski definition) is 1. The number of benzene rings is 1. The summed E-state index contributed by atoms with van der Waals surface area (Å²) in [5.41, 5.74) is 1.49. The predicted octanol–water partition coefficient (Wildman–Crippen LogP) is 2.04. The molecule has 0 bridgehead atoms. The van der Waals surface area contributed by atoms with Crippen LogP contribution in [-0.2, 0) is 0 Å². The molecule has 1 fully saturated rings. The quantitative estimate of drug-likeness (QED) is 0.500. The Morgan fingerprint density at radius 2 is 2.11 bits per heavy atom. The van der Waals surface area contributed by atoms with Gasteiger partial charge in [-0.15, -0.1) is 0 Å².